The fourth-order valence-corrected chi connectivity index (χ4v) is 3.40. The molecule has 0 bridgehead atoms. The molecule has 6 heteroatoms. The van der Waals surface area contributed by atoms with Crippen molar-refractivity contribution >= 4 is 11.7 Å². The molecule has 1 fully saturated rings. The molecule has 3 aromatic rings. The van der Waals surface area contributed by atoms with Gasteiger partial charge in [-0.1, -0.05) is 18.2 Å². The Kier molecular flexibility index (Phi) is 3.93. The van der Waals surface area contributed by atoms with Crippen LogP contribution in [0.25, 0.3) is 11.1 Å². The van der Waals surface area contributed by atoms with Crippen LogP contribution in [0.5, 0.6) is 0 Å². The number of nitrogens with zero attached hydrogens (tertiary/aromatic N) is 3. The lowest BCUT2D eigenvalue weighted by atomic mass is 9.97. The van der Waals surface area contributed by atoms with Crippen molar-refractivity contribution in [1.82, 2.24) is 20.1 Å². The minimum Gasteiger partial charge on any atom is -0.384 e. The molecule has 1 saturated heterocycles. The number of hydrogen-bond donors (Lipinski definition) is 2. The SMILES string of the molecule is Nc1cc(-c2cn[nH]c2C2CCN(C(=O)c3ccccc3)C2)ccn1. The fraction of sp³-hybridized carbons (Fsp3) is 0.211. The largest absolute Gasteiger partial charge is 0.384 e. The van der Waals surface area contributed by atoms with Crippen molar-refractivity contribution in [2.24, 2.45) is 0 Å². The zero-order valence-corrected chi connectivity index (χ0v) is 13.7. The lowest BCUT2D eigenvalue weighted by molar-refractivity contribution is 0.0790. The zero-order chi connectivity index (χ0) is 17.2. The van der Waals surface area contributed by atoms with Crippen molar-refractivity contribution in [1.29, 1.82) is 0 Å². The summed E-state index contributed by atoms with van der Waals surface area (Å²) in [5, 5.41) is 7.33. The maximum atomic E-state index is 12.6. The standard InChI is InChI=1S/C19H19N5O/c20-17-10-14(6-8-21-17)16-11-22-23-18(16)15-7-9-24(12-15)19(25)13-4-2-1-3-5-13/h1-6,8,10-11,15H,7,9,12H2,(H2,20,21)(H,22,23). The molecule has 0 spiro atoms. The van der Waals surface area contributed by atoms with Gasteiger partial charge in [0, 0.05) is 42.0 Å². The van der Waals surface area contributed by atoms with Crippen LogP contribution in [0, 0.1) is 0 Å². The monoisotopic (exact) mass is 333 g/mol. The second-order valence-electron chi connectivity index (χ2n) is 6.27. The maximum absolute atomic E-state index is 12.6. The Morgan fingerprint density at radius 1 is 1.24 bits per heavy atom. The van der Waals surface area contributed by atoms with E-state index >= 15 is 0 Å². The summed E-state index contributed by atoms with van der Waals surface area (Å²) < 4.78 is 0. The van der Waals surface area contributed by atoms with Gasteiger partial charge in [-0.25, -0.2) is 4.98 Å². The van der Waals surface area contributed by atoms with Crippen molar-refractivity contribution in [3.63, 3.8) is 0 Å². The smallest absolute Gasteiger partial charge is 0.253 e. The second kappa shape index (κ2) is 6.39. The Labute approximate surface area is 145 Å². The minimum atomic E-state index is 0.0809. The summed E-state index contributed by atoms with van der Waals surface area (Å²) >= 11 is 0. The van der Waals surface area contributed by atoms with E-state index in [9.17, 15) is 4.79 Å². The van der Waals surface area contributed by atoms with Gasteiger partial charge in [-0.05, 0) is 36.2 Å². The van der Waals surface area contributed by atoms with E-state index < -0.39 is 0 Å². The summed E-state index contributed by atoms with van der Waals surface area (Å²) in [6.45, 7) is 1.43. The Morgan fingerprint density at radius 3 is 2.88 bits per heavy atom. The van der Waals surface area contributed by atoms with Crippen LogP contribution in [0.15, 0.2) is 54.9 Å². The van der Waals surface area contributed by atoms with Crippen molar-refractivity contribution in [2.75, 3.05) is 18.8 Å². The van der Waals surface area contributed by atoms with Crippen LogP contribution in [0.1, 0.15) is 28.4 Å². The number of pyridine rings is 1. The summed E-state index contributed by atoms with van der Waals surface area (Å²) in [4.78, 5) is 18.6. The molecular formula is C19H19N5O. The molecule has 1 atom stereocenters. The maximum Gasteiger partial charge on any atom is 0.253 e. The average molecular weight is 333 g/mol. The molecule has 1 unspecified atom stereocenters. The van der Waals surface area contributed by atoms with Crippen LogP contribution in [0.2, 0.25) is 0 Å². The first-order valence-corrected chi connectivity index (χ1v) is 8.32. The summed E-state index contributed by atoms with van der Waals surface area (Å²) in [7, 11) is 0. The van der Waals surface area contributed by atoms with Crippen LogP contribution >= 0.6 is 0 Å². The number of nitrogens with one attached hydrogen (secondary N) is 1. The number of hydrogen-bond acceptors (Lipinski definition) is 4. The molecule has 3 heterocycles. The number of anilines is 1. The van der Waals surface area contributed by atoms with Crippen LogP contribution in [0.3, 0.4) is 0 Å². The highest BCUT2D eigenvalue weighted by Crippen LogP contribution is 2.34. The lowest BCUT2D eigenvalue weighted by Crippen LogP contribution is -2.28. The van der Waals surface area contributed by atoms with Crippen LogP contribution in [0.4, 0.5) is 5.82 Å². The van der Waals surface area contributed by atoms with E-state index in [1.54, 1.807) is 6.20 Å². The average Bonchev–Trinajstić information content (AvgIpc) is 3.31. The number of carbonyl (C=O) groups excluding carboxylic acids is 1. The Balaban J connectivity index is 1.55. The number of aromatic amines is 1. The molecule has 6 nitrogen and oxygen atoms in total. The van der Waals surface area contributed by atoms with Crippen molar-refractivity contribution in [2.45, 2.75) is 12.3 Å². The molecule has 126 valence electrons. The molecule has 3 N–H and O–H groups in total. The Morgan fingerprint density at radius 2 is 2.08 bits per heavy atom. The number of amides is 1. The third-order valence-corrected chi connectivity index (χ3v) is 4.67. The van der Waals surface area contributed by atoms with Gasteiger partial charge in [-0.2, -0.15) is 5.10 Å². The third kappa shape index (κ3) is 2.98. The predicted molar refractivity (Wildman–Crippen MR) is 95.9 cm³/mol. The van der Waals surface area contributed by atoms with E-state index in [2.05, 4.69) is 15.2 Å². The first kappa shape index (κ1) is 15.4. The van der Waals surface area contributed by atoms with Gasteiger partial charge in [0.05, 0.1) is 6.20 Å². The van der Waals surface area contributed by atoms with Crippen LogP contribution < -0.4 is 5.73 Å². The summed E-state index contributed by atoms with van der Waals surface area (Å²) in [6, 6.07) is 13.2. The molecule has 1 amide bonds. The molecule has 0 saturated carbocycles. The number of nitrogen functional groups attached to an aromatic ring is 1. The van der Waals surface area contributed by atoms with Crippen molar-refractivity contribution in [3.05, 3.63) is 66.1 Å². The summed E-state index contributed by atoms with van der Waals surface area (Å²) in [6.07, 6.45) is 4.42. The number of aromatic nitrogens is 3. The molecular weight excluding hydrogens is 314 g/mol. The fourth-order valence-electron chi connectivity index (χ4n) is 3.40. The Hall–Kier alpha value is -3.15. The van der Waals surface area contributed by atoms with Gasteiger partial charge in [0.25, 0.3) is 5.91 Å². The van der Waals surface area contributed by atoms with Gasteiger partial charge in [-0.15, -0.1) is 0 Å². The van der Waals surface area contributed by atoms with E-state index in [0.29, 0.717) is 12.4 Å². The number of H-pyrrole nitrogens is 1. The molecule has 2 aromatic heterocycles. The topological polar surface area (TPSA) is 87.9 Å². The number of likely N-dealkylation sites (tertiary alicyclic amines) is 1. The predicted octanol–water partition coefficient (Wildman–Crippen LogP) is 2.68. The summed E-state index contributed by atoms with van der Waals surface area (Å²) in [5.41, 5.74) is 9.59. The Bertz CT molecular complexity index is 890. The van der Waals surface area contributed by atoms with E-state index in [1.165, 1.54) is 0 Å². The van der Waals surface area contributed by atoms with E-state index in [0.717, 1.165) is 35.3 Å². The normalized spacial score (nSPS) is 17.0. The molecule has 1 aliphatic rings. The third-order valence-electron chi connectivity index (χ3n) is 4.67. The molecule has 0 radical (unpaired) electrons. The molecule has 25 heavy (non-hydrogen) atoms. The summed E-state index contributed by atoms with van der Waals surface area (Å²) in [5.74, 6) is 0.800. The van der Waals surface area contributed by atoms with Crippen molar-refractivity contribution in [3.8, 4) is 11.1 Å². The van der Waals surface area contributed by atoms with Crippen LogP contribution in [-0.4, -0.2) is 39.1 Å². The molecule has 1 aliphatic heterocycles. The highest BCUT2D eigenvalue weighted by molar-refractivity contribution is 5.94. The number of rotatable bonds is 3. The van der Waals surface area contributed by atoms with E-state index in [1.807, 2.05) is 53.6 Å². The minimum absolute atomic E-state index is 0.0809. The molecule has 0 aliphatic carbocycles. The van der Waals surface area contributed by atoms with Gasteiger partial charge in [0.1, 0.15) is 5.82 Å². The number of benzene rings is 1. The van der Waals surface area contributed by atoms with Crippen molar-refractivity contribution < 1.29 is 4.79 Å². The van der Waals surface area contributed by atoms with Gasteiger partial charge >= 0.3 is 0 Å². The lowest BCUT2D eigenvalue weighted by Gasteiger charge is -2.16. The van der Waals surface area contributed by atoms with Gasteiger partial charge in [-0.3, -0.25) is 9.89 Å². The van der Waals surface area contributed by atoms with E-state index in [-0.39, 0.29) is 11.8 Å². The second-order valence-corrected chi connectivity index (χ2v) is 6.27. The first-order chi connectivity index (χ1) is 12.2. The highest BCUT2D eigenvalue weighted by atomic mass is 16.2. The first-order valence-electron chi connectivity index (χ1n) is 8.32. The zero-order valence-electron chi connectivity index (χ0n) is 13.7. The quantitative estimate of drug-likeness (QED) is 0.771. The van der Waals surface area contributed by atoms with Crippen LogP contribution in [-0.2, 0) is 0 Å². The van der Waals surface area contributed by atoms with Gasteiger partial charge in [0.15, 0.2) is 0 Å². The molecule has 4 rings (SSSR count). The van der Waals surface area contributed by atoms with Gasteiger partial charge in [0.2, 0.25) is 0 Å². The van der Waals surface area contributed by atoms with E-state index in [4.69, 9.17) is 5.73 Å². The number of nitrogens with two attached hydrogens (primary N) is 1. The number of carbonyl (C=O) groups is 1. The van der Waals surface area contributed by atoms with Gasteiger partial charge < -0.3 is 10.6 Å². The highest BCUT2D eigenvalue weighted by Gasteiger charge is 2.30. The molecule has 1 aromatic carbocycles.